The van der Waals surface area contributed by atoms with Gasteiger partial charge in [0, 0.05) is 16.3 Å². The lowest BCUT2D eigenvalue weighted by atomic mass is 10.1. The van der Waals surface area contributed by atoms with Gasteiger partial charge in [-0.2, -0.15) is 0 Å². The quantitative estimate of drug-likeness (QED) is 0.834. The van der Waals surface area contributed by atoms with Crippen LogP contribution in [0.15, 0.2) is 42.5 Å². The van der Waals surface area contributed by atoms with Gasteiger partial charge in [-0.3, -0.25) is 9.59 Å². The van der Waals surface area contributed by atoms with E-state index in [1.54, 1.807) is 24.3 Å². The smallest absolute Gasteiger partial charge is 0.255 e. The summed E-state index contributed by atoms with van der Waals surface area (Å²) in [6.45, 7) is 1.53. The Labute approximate surface area is 160 Å². The second-order valence-corrected chi connectivity index (χ2v) is 8.62. The SMILES string of the molecule is CC1CS(=O)(=O)N(c2cc(C(=O)Nc3ccc(Cl)cc3)ccc2Cl)C1=O. The molecule has 1 aliphatic heterocycles. The Morgan fingerprint density at radius 1 is 1.15 bits per heavy atom. The molecule has 0 bridgehead atoms. The first-order valence-corrected chi connectivity index (χ1v) is 9.99. The standard InChI is InChI=1S/C17H14Cl2N2O4S/c1-10-9-26(24,25)21(17(10)23)15-8-11(2-7-14(15)19)16(22)20-13-5-3-12(18)4-6-13/h2-8,10H,9H2,1H3,(H,20,22). The normalized spacial score (nSPS) is 18.8. The maximum atomic E-state index is 12.4. The molecule has 1 heterocycles. The molecule has 2 amide bonds. The summed E-state index contributed by atoms with van der Waals surface area (Å²) in [7, 11) is -3.81. The highest BCUT2D eigenvalue weighted by Gasteiger charge is 2.43. The van der Waals surface area contributed by atoms with E-state index in [1.165, 1.54) is 25.1 Å². The molecule has 0 saturated carbocycles. The summed E-state index contributed by atoms with van der Waals surface area (Å²) in [6.07, 6.45) is 0. The fraction of sp³-hybridized carbons (Fsp3) is 0.176. The summed E-state index contributed by atoms with van der Waals surface area (Å²) in [5.74, 6) is -1.99. The third kappa shape index (κ3) is 3.56. The second kappa shape index (κ2) is 6.90. The first-order valence-electron chi connectivity index (χ1n) is 7.62. The molecule has 6 nitrogen and oxygen atoms in total. The summed E-state index contributed by atoms with van der Waals surface area (Å²) in [5.41, 5.74) is 0.668. The Hall–Kier alpha value is -2.09. The van der Waals surface area contributed by atoms with Crippen LogP contribution in [0.25, 0.3) is 0 Å². The zero-order valence-electron chi connectivity index (χ0n) is 13.6. The van der Waals surface area contributed by atoms with Crippen molar-refractivity contribution < 1.29 is 18.0 Å². The van der Waals surface area contributed by atoms with Crippen LogP contribution in [0, 0.1) is 5.92 Å². The number of hydrogen-bond acceptors (Lipinski definition) is 4. The first kappa shape index (κ1) is 18.7. The van der Waals surface area contributed by atoms with E-state index in [9.17, 15) is 18.0 Å². The van der Waals surface area contributed by atoms with Crippen LogP contribution in [0.1, 0.15) is 17.3 Å². The van der Waals surface area contributed by atoms with E-state index in [2.05, 4.69) is 5.32 Å². The first-order chi connectivity index (χ1) is 12.2. The molecule has 1 fully saturated rings. The van der Waals surface area contributed by atoms with Gasteiger partial charge in [0.15, 0.2) is 0 Å². The number of hydrogen-bond donors (Lipinski definition) is 1. The van der Waals surface area contributed by atoms with Crippen LogP contribution in [-0.2, 0) is 14.8 Å². The predicted octanol–water partition coefficient (Wildman–Crippen LogP) is 3.56. The molecule has 0 aromatic heterocycles. The largest absolute Gasteiger partial charge is 0.322 e. The lowest BCUT2D eigenvalue weighted by Gasteiger charge is -2.17. The lowest BCUT2D eigenvalue weighted by Crippen LogP contribution is -2.30. The van der Waals surface area contributed by atoms with Gasteiger partial charge in [-0.25, -0.2) is 12.7 Å². The van der Waals surface area contributed by atoms with Crippen molar-refractivity contribution in [2.24, 2.45) is 5.92 Å². The number of anilines is 2. The molecule has 0 spiro atoms. The lowest BCUT2D eigenvalue weighted by molar-refractivity contribution is -0.119. The Balaban J connectivity index is 1.94. The highest BCUT2D eigenvalue weighted by molar-refractivity contribution is 7.94. The Morgan fingerprint density at radius 2 is 1.81 bits per heavy atom. The van der Waals surface area contributed by atoms with Gasteiger partial charge >= 0.3 is 0 Å². The summed E-state index contributed by atoms with van der Waals surface area (Å²) in [4.78, 5) is 24.7. The molecule has 1 aliphatic rings. The van der Waals surface area contributed by atoms with Crippen LogP contribution < -0.4 is 9.62 Å². The van der Waals surface area contributed by atoms with Gasteiger partial charge < -0.3 is 5.32 Å². The van der Waals surface area contributed by atoms with Crippen molar-refractivity contribution >= 4 is 56.4 Å². The topological polar surface area (TPSA) is 83.6 Å². The second-order valence-electron chi connectivity index (χ2n) is 5.91. The van der Waals surface area contributed by atoms with Crippen molar-refractivity contribution in [1.82, 2.24) is 0 Å². The molecule has 26 heavy (non-hydrogen) atoms. The number of sulfonamides is 1. The molecule has 1 unspecified atom stereocenters. The van der Waals surface area contributed by atoms with E-state index in [0.717, 1.165) is 0 Å². The number of carbonyl (C=O) groups excluding carboxylic acids is 2. The van der Waals surface area contributed by atoms with E-state index >= 15 is 0 Å². The predicted molar refractivity (Wildman–Crippen MR) is 101 cm³/mol. The number of carbonyl (C=O) groups is 2. The number of nitrogens with one attached hydrogen (secondary N) is 1. The highest BCUT2D eigenvalue weighted by Crippen LogP contribution is 2.34. The molecule has 1 atom stereocenters. The zero-order chi connectivity index (χ0) is 19.1. The van der Waals surface area contributed by atoms with Crippen LogP contribution in [0.3, 0.4) is 0 Å². The van der Waals surface area contributed by atoms with E-state index < -0.39 is 27.8 Å². The maximum absolute atomic E-state index is 12.4. The van der Waals surface area contributed by atoms with E-state index in [1.807, 2.05) is 0 Å². The van der Waals surface area contributed by atoms with Gasteiger partial charge in [0.25, 0.3) is 5.91 Å². The number of rotatable bonds is 3. The minimum atomic E-state index is -3.81. The zero-order valence-corrected chi connectivity index (χ0v) is 15.9. The van der Waals surface area contributed by atoms with Crippen molar-refractivity contribution in [2.45, 2.75) is 6.92 Å². The van der Waals surface area contributed by atoms with Crippen LogP contribution in [0.4, 0.5) is 11.4 Å². The highest BCUT2D eigenvalue weighted by atomic mass is 35.5. The van der Waals surface area contributed by atoms with E-state index in [-0.39, 0.29) is 22.0 Å². The van der Waals surface area contributed by atoms with E-state index in [0.29, 0.717) is 15.0 Å². The molecule has 136 valence electrons. The molecular weight excluding hydrogens is 399 g/mol. The number of nitrogens with zero attached hydrogens (tertiary/aromatic N) is 1. The molecule has 1 N–H and O–H groups in total. The van der Waals surface area contributed by atoms with Crippen LogP contribution in [0.5, 0.6) is 0 Å². The van der Waals surface area contributed by atoms with Crippen molar-refractivity contribution in [2.75, 3.05) is 15.4 Å². The van der Waals surface area contributed by atoms with Crippen LogP contribution >= 0.6 is 23.2 Å². The molecule has 0 aliphatic carbocycles. The van der Waals surface area contributed by atoms with Crippen molar-refractivity contribution in [3.05, 3.63) is 58.1 Å². The van der Waals surface area contributed by atoms with Crippen molar-refractivity contribution in [3.8, 4) is 0 Å². The number of amides is 2. The summed E-state index contributed by atoms with van der Waals surface area (Å²) < 4.78 is 25.2. The monoisotopic (exact) mass is 412 g/mol. The summed E-state index contributed by atoms with van der Waals surface area (Å²) >= 11 is 11.9. The van der Waals surface area contributed by atoms with Crippen molar-refractivity contribution in [3.63, 3.8) is 0 Å². The Morgan fingerprint density at radius 3 is 2.38 bits per heavy atom. The van der Waals surface area contributed by atoms with Crippen molar-refractivity contribution in [1.29, 1.82) is 0 Å². The summed E-state index contributed by atoms with van der Waals surface area (Å²) in [5, 5.41) is 3.27. The molecular formula is C17H14Cl2N2O4S. The molecule has 3 rings (SSSR count). The molecule has 2 aromatic rings. The average Bonchev–Trinajstić information content (AvgIpc) is 2.78. The fourth-order valence-corrected chi connectivity index (χ4v) is 4.82. The van der Waals surface area contributed by atoms with Gasteiger partial charge in [-0.05, 0) is 42.5 Å². The molecule has 0 radical (unpaired) electrons. The summed E-state index contributed by atoms with van der Waals surface area (Å²) in [6, 6.07) is 10.7. The maximum Gasteiger partial charge on any atom is 0.255 e. The van der Waals surface area contributed by atoms with Gasteiger partial charge in [0.2, 0.25) is 15.9 Å². The number of halogens is 2. The van der Waals surface area contributed by atoms with E-state index in [4.69, 9.17) is 23.2 Å². The minimum absolute atomic E-state index is 0.0234. The van der Waals surface area contributed by atoms with Gasteiger partial charge in [-0.15, -0.1) is 0 Å². The van der Waals surface area contributed by atoms with Crippen LogP contribution in [0.2, 0.25) is 10.0 Å². The fourth-order valence-electron chi connectivity index (χ4n) is 2.61. The molecule has 9 heteroatoms. The average molecular weight is 413 g/mol. The molecule has 1 saturated heterocycles. The van der Waals surface area contributed by atoms with Crippen LogP contribution in [-0.4, -0.2) is 26.0 Å². The van der Waals surface area contributed by atoms with Gasteiger partial charge in [0.05, 0.1) is 22.4 Å². The third-order valence-corrected chi connectivity index (χ3v) is 6.32. The minimum Gasteiger partial charge on any atom is -0.322 e. The van der Waals surface area contributed by atoms with Gasteiger partial charge in [0.1, 0.15) is 0 Å². The third-order valence-electron chi connectivity index (χ3n) is 3.89. The Kier molecular flexibility index (Phi) is 4.96. The molecule has 2 aromatic carbocycles. The van der Waals surface area contributed by atoms with Gasteiger partial charge in [-0.1, -0.05) is 30.1 Å². The number of benzene rings is 2. The Bertz CT molecular complexity index is 990.